The van der Waals surface area contributed by atoms with Gasteiger partial charge in [0.1, 0.15) is 12.4 Å². The van der Waals surface area contributed by atoms with Crippen LogP contribution >= 0.6 is 0 Å². The van der Waals surface area contributed by atoms with Crippen LogP contribution in [0.5, 0.6) is 5.75 Å². The lowest BCUT2D eigenvalue weighted by molar-refractivity contribution is -0.137. The molecule has 1 aromatic heterocycles. The molecule has 4 rings (SSSR count). The molecule has 1 heterocycles. The predicted molar refractivity (Wildman–Crippen MR) is 119 cm³/mol. The Morgan fingerprint density at radius 3 is 2.47 bits per heavy atom. The molecule has 3 aromatic carbocycles. The highest BCUT2D eigenvalue weighted by molar-refractivity contribution is 5.87. The highest BCUT2D eigenvalue weighted by Crippen LogP contribution is 2.35. The minimum atomic E-state index is -0.814. The molecule has 152 valence electrons. The van der Waals surface area contributed by atoms with E-state index in [9.17, 15) is 9.90 Å². The molecular formula is C26H25NO3. The van der Waals surface area contributed by atoms with E-state index in [0.717, 1.165) is 39.8 Å². The first kappa shape index (κ1) is 19.8. The van der Waals surface area contributed by atoms with Gasteiger partial charge in [0, 0.05) is 23.0 Å². The number of aromatic nitrogens is 1. The fourth-order valence-corrected chi connectivity index (χ4v) is 3.94. The summed E-state index contributed by atoms with van der Waals surface area (Å²) in [4.78, 5) is 15.0. The second-order valence-electron chi connectivity index (χ2n) is 7.43. The number of carboxylic acid groups (broad SMARTS) is 1. The van der Waals surface area contributed by atoms with Crippen LogP contribution in [0.15, 0.2) is 79.0 Å². The number of H-pyrrole nitrogens is 1. The molecule has 0 radical (unpaired) electrons. The maximum absolute atomic E-state index is 11.6. The first-order valence-corrected chi connectivity index (χ1v) is 10.2. The van der Waals surface area contributed by atoms with Gasteiger partial charge in [-0.05, 0) is 40.8 Å². The second kappa shape index (κ2) is 8.87. The van der Waals surface area contributed by atoms with E-state index in [1.54, 1.807) is 0 Å². The molecule has 0 aliphatic heterocycles. The fraction of sp³-hybridized carbons (Fsp3) is 0.192. The number of rotatable bonds is 8. The summed E-state index contributed by atoms with van der Waals surface area (Å²) in [7, 11) is 0. The normalized spacial score (nSPS) is 12.0. The molecule has 0 aliphatic carbocycles. The van der Waals surface area contributed by atoms with Crippen LogP contribution in [0, 0.1) is 0 Å². The molecule has 0 fully saturated rings. The summed E-state index contributed by atoms with van der Waals surface area (Å²) in [5, 5.41) is 10.6. The maximum atomic E-state index is 11.6. The van der Waals surface area contributed by atoms with Gasteiger partial charge in [0.05, 0.1) is 6.42 Å². The molecule has 0 aliphatic rings. The predicted octanol–water partition coefficient (Wildman–Crippen LogP) is 5.92. The van der Waals surface area contributed by atoms with Gasteiger partial charge in [0.25, 0.3) is 0 Å². The van der Waals surface area contributed by atoms with Crippen LogP contribution in [0.25, 0.3) is 10.9 Å². The summed E-state index contributed by atoms with van der Waals surface area (Å²) in [6, 6.07) is 24.0. The molecular weight excluding hydrogens is 374 g/mol. The molecule has 4 heteroatoms. The number of ether oxygens (including phenoxy) is 1. The third-order valence-corrected chi connectivity index (χ3v) is 5.50. The van der Waals surface area contributed by atoms with Gasteiger partial charge in [-0.2, -0.15) is 0 Å². The van der Waals surface area contributed by atoms with Crippen molar-refractivity contribution in [2.45, 2.75) is 32.3 Å². The average molecular weight is 399 g/mol. The highest BCUT2D eigenvalue weighted by atomic mass is 16.5. The smallest absolute Gasteiger partial charge is 0.304 e. The Morgan fingerprint density at radius 2 is 1.77 bits per heavy atom. The van der Waals surface area contributed by atoms with Gasteiger partial charge < -0.3 is 14.8 Å². The van der Waals surface area contributed by atoms with E-state index in [4.69, 9.17) is 4.74 Å². The number of fused-ring (bicyclic) bond motifs is 1. The Morgan fingerprint density at radius 1 is 1.00 bits per heavy atom. The lowest BCUT2D eigenvalue weighted by Gasteiger charge is -2.16. The number of hydrogen-bond acceptors (Lipinski definition) is 2. The summed E-state index contributed by atoms with van der Waals surface area (Å²) >= 11 is 0. The summed E-state index contributed by atoms with van der Waals surface area (Å²) < 4.78 is 5.88. The minimum Gasteiger partial charge on any atom is -0.489 e. The van der Waals surface area contributed by atoms with Crippen molar-refractivity contribution in [1.29, 1.82) is 0 Å². The zero-order chi connectivity index (χ0) is 20.9. The lowest BCUT2D eigenvalue weighted by atomic mass is 9.88. The Balaban J connectivity index is 1.61. The number of para-hydroxylation sites is 1. The van der Waals surface area contributed by atoms with Crippen molar-refractivity contribution in [1.82, 2.24) is 4.98 Å². The number of benzene rings is 3. The van der Waals surface area contributed by atoms with Crippen molar-refractivity contribution in [3.05, 3.63) is 101 Å². The van der Waals surface area contributed by atoms with E-state index in [1.807, 2.05) is 66.9 Å². The first-order chi connectivity index (χ1) is 14.7. The average Bonchev–Trinajstić information content (AvgIpc) is 3.21. The largest absolute Gasteiger partial charge is 0.489 e. The van der Waals surface area contributed by atoms with Gasteiger partial charge in [-0.15, -0.1) is 0 Å². The number of carbonyl (C=O) groups is 1. The quantitative estimate of drug-likeness (QED) is 0.387. The Kier molecular flexibility index (Phi) is 5.84. The van der Waals surface area contributed by atoms with Crippen LogP contribution in [0.4, 0.5) is 0 Å². The van der Waals surface area contributed by atoms with Crippen molar-refractivity contribution in [2.24, 2.45) is 0 Å². The summed E-state index contributed by atoms with van der Waals surface area (Å²) in [5.74, 6) is -0.277. The van der Waals surface area contributed by atoms with E-state index >= 15 is 0 Å². The molecule has 1 atom stereocenters. The van der Waals surface area contributed by atoms with Gasteiger partial charge in [0.2, 0.25) is 0 Å². The molecule has 0 spiro atoms. The zero-order valence-corrected chi connectivity index (χ0v) is 17.0. The second-order valence-corrected chi connectivity index (χ2v) is 7.43. The van der Waals surface area contributed by atoms with Crippen LogP contribution in [0.1, 0.15) is 41.5 Å². The van der Waals surface area contributed by atoms with Crippen LogP contribution in [0.2, 0.25) is 0 Å². The van der Waals surface area contributed by atoms with Crippen molar-refractivity contribution < 1.29 is 14.6 Å². The number of hydrogen-bond donors (Lipinski definition) is 2. The summed E-state index contributed by atoms with van der Waals surface area (Å²) in [6.07, 6.45) is 2.92. The van der Waals surface area contributed by atoms with E-state index in [2.05, 4.69) is 24.0 Å². The van der Waals surface area contributed by atoms with Crippen LogP contribution < -0.4 is 4.74 Å². The minimum absolute atomic E-state index is 0.0352. The van der Waals surface area contributed by atoms with Crippen LogP contribution in [-0.4, -0.2) is 16.1 Å². The molecule has 0 amide bonds. The lowest BCUT2D eigenvalue weighted by Crippen LogP contribution is -2.08. The van der Waals surface area contributed by atoms with E-state index in [0.29, 0.717) is 6.61 Å². The molecule has 0 bridgehead atoms. The fourth-order valence-electron chi connectivity index (χ4n) is 3.94. The van der Waals surface area contributed by atoms with Crippen LogP contribution in [-0.2, 0) is 17.8 Å². The number of carboxylic acids is 1. The van der Waals surface area contributed by atoms with Gasteiger partial charge >= 0.3 is 5.97 Å². The maximum Gasteiger partial charge on any atom is 0.304 e. The first-order valence-electron chi connectivity index (χ1n) is 10.2. The number of nitrogens with one attached hydrogen (secondary N) is 1. The molecule has 0 saturated heterocycles. The zero-order valence-electron chi connectivity index (χ0n) is 17.0. The SMILES string of the molecule is CCc1cccc2c([C@H](CC(=O)O)c3ccc(OCc4ccccc4)cc3)c[nH]c12. The van der Waals surface area contributed by atoms with Crippen molar-refractivity contribution in [3.63, 3.8) is 0 Å². The topological polar surface area (TPSA) is 62.3 Å². The standard InChI is InChI=1S/C26H25NO3/c1-2-19-9-6-10-22-24(16-27-26(19)22)23(15-25(28)29)20-11-13-21(14-12-20)30-17-18-7-4-3-5-8-18/h3-14,16,23,27H,2,15,17H2,1H3,(H,28,29)/t23-/m1/s1. The van der Waals surface area contributed by atoms with Gasteiger partial charge in [0.15, 0.2) is 0 Å². The van der Waals surface area contributed by atoms with Gasteiger partial charge in [-0.1, -0.05) is 67.6 Å². The van der Waals surface area contributed by atoms with E-state index in [-0.39, 0.29) is 12.3 Å². The Labute approximate surface area is 176 Å². The molecule has 30 heavy (non-hydrogen) atoms. The van der Waals surface area contributed by atoms with E-state index in [1.165, 1.54) is 5.56 Å². The number of aliphatic carboxylic acids is 1. The summed E-state index contributed by atoms with van der Waals surface area (Å²) in [6.45, 7) is 2.62. The van der Waals surface area contributed by atoms with E-state index < -0.39 is 5.97 Å². The molecule has 4 aromatic rings. The molecule has 0 saturated carbocycles. The number of aryl methyl sites for hydroxylation is 1. The number of aromatic amines is 1. The van der Waals surface area contributed by atoms with Crippen molar-refractivity contribution in [3.8, 4) is 5.75 Å². The van der Waals surface area contributed by atoms with Crippen LogP contribution in [0.3, 0.4) is 0 Å². The third-order valence-electron chi connectivity index (χ3n) is 5.50. The summed E-state index contributed by atoms with van der Waals surface area (Å²) in [5.41, 5.74) is 5.41. The van der Waals surface area contributed by atoms with Crippen molar-refractivity contribution in [2.75, 3.05) is 0 Å². The molecule has 0 unspecified atom stereocenters. The third kappa shape index (κ3) is 4.23. The van der Waals surface area contributed by atoms with Gasteiger partial charge in [-0.3, -0.25) is 4.79 Å². The molecule has 2 N–H and O–H groups in total. The monoisotopic (exact) mass is 399 g/mol. The highest BCUT2D eigenvalue weighted by Gasteiger charge is 2.22. The van der Waals surface area contributed by atoms with Gasteiger partial charge in [-0.25, -0.2) is 0 Å². The Bertz CT molecular complexity index is 1130. The van der Waals surface area contributed by atoms with Crippen molar-refractivity contribution >= 4 is 16.9 Å². The molecule has 4 nitrogen and oxygen atoms in total. The Hall–Kier alpha value is -3.53.